The second kappa shape index (κ2) is 11.0. The van der Waals surface area contributed by atoms with Gasteiger partial charge in [0.15, 0.2) is 0 Å². The van der Waals surface area contributed by atoms with Gasteiger partial charge in [-0.05, 0) is 48.5 Å². The van der Waals surface area contributed by atoms with Crippen LogP contribution in [0, 0.1) is 11.2 Å². The number of alkyl halides is 3. The first kappa shape index (κ1) is 28.3. The number of nitrogens with one attached hydrogen (secondary N) is 2. The van der Waals surface area contributed by atoms with Gasteiger partial charge in [0.05, 0.1) is 40.2 Å². The number of esters is 1. The molecule has 12 heteroatoms. The van der Waals surface area contributed by atoms with Crippen LogP contribution in [0.25, 0.3) is 0 Å². The highest BCUT2D eigenvalue weighted by Gasteiger charge is 2.36. The largest absolute Gasteiger partial charge is 0.465 e. The molecule has 0 aliphatic carbocycles. The maximum atomic E-state index is 14.9. The first-order valence-corrected chi connectivity index (χ1v) is 11.2. The van der Waals surface area contributed by atoms with Gasteiger partial charge in [-0.2, -0.15) is 13.2 Å². The van der Waals surface area contributed by atoms with Gasteiger partial charge in [0.25, 0.3) is 5.91 Å². The Morgan fingerprint density at radius 2 is 1.68 bits per heavy atom. The molecule has 3 rings (SSSR count). The van der Waals surface area contributed by atoms with Gasteiger partial charge in [0.1, 0.15) is 5.82 Å². The fourth-order valence-corrected chi connectivity index (χ4v) is 3.79. The van der Waals surface area contributed by atoms with Gasteiger partial charge in [-0.1, -0.05) is 17.7 Å². The molecule has 3 aromatic rings. The van der Waals surface area contributed by atoms with Gasteiger partial charge in [0, 0.05) is 30.8 Å². The number of halogens is 5. The highest BCUT2D eigenvalue weighted by molar-refractivity contribution is 6.35. The number of rotatable bonds is 6. The monoisotopic (exact) mass is 549 g/mol. The van der Waals surface area contributed by atoms with E-state index in [1.54, 1.807) is 0 Å². The number of amides is 2. The Bertz CT molecular complexity index is 1460. The van der Waals surface area contributed by atoms with Crippen molar-refractivity contribution in [2.24, 2.45) is 0 Å². The van der Waals surface area contributed by atoms with Crippen LogP contribution in [0.1, 0.15) is 44.3 Å². The topological polar surface area (TPSA) is 99.6 Å². The molecule has 198 valence electrons. The fourth-order valence-electron chi connectivity index (χ4n) is 3.53. The molecule has 3 aromatic carbocycles. The smallest absolute Gasteiger partial charge is 0.417 e. The number of hydrogen-bond acceptors (Lipinski definition) is 5. The molecule has 0 aromatic heterocycles. The molecule has 0 bridgehead atoms. The van der Waals surface area contributed by atoms with Gasteiger partial charge < -0.3 is 15.0 Å². The van der Waals surface area contributed by atoms with Crippen molar-refractivity contribution in [1.82, 2.24) is 0 Å². The van der Waals surface area contributed by atoms with Crippen molar-refractivity contribution in [3.63, 3.8) is 0 Å². The zero-order chi connectivity index (χ0) is 28.4. The number of benzene rings is 3. The van der Waals surface area contributed by atoms with E-state index < -0.39 is 45.7 Å². The van der Waals surface area contributed by atoms with E-state index in [4.69, 9.17) is 17.0 Å². The van der Waals surface area contributed by atoms with E-state index >= 15 is 0 Å². The van der Waals surface area contributed by atoms with E-state index in [-0.39, 0.29) is 34.0 Å². The van der Waals surface area contributed by atoms with Gasteiger partial charge in [-0.3, -0.25) is 15.0 Å². The van der Waals surface area contributed by atoms with E-state index in [1.807, 2.05) is 0 Å². The Morgan fingerprint density at radius 1 is 1.03 bits per heavy atom. The second-order valence-corrected chi connectivity index (χ2v) is 8.39. The summed E-state index contributed by atoms with van der Waals surface area (Å²) in [5, 5.41) is 10.4. The Hall–Kier alpha value is -4.25. The number of hydrogen-bond donors (Lipinski definition) is 2. The summed E-state index contributed by atoms with van der Waals surface area (Å²) in [7, 11) is 2.54. The summed E-state index contributed by atoms with van der Waals surface area (Å²) in [5.41, 5.74) is -2.98. The molecule has 0 spiro atoms. The maximum Gasteiger partial charge on any atom is 0.417 e. The van der Waals surface area contributed by atoms with Crippen molar-refractivity contribution in [3.8, 4) is 0 Å². The summed E-state index contributed by atoms with van der Waals surface area (Å²) in [6.45, 7) is 1.27. The van der Waals surface area contributed by atoms with Crippen molar-refractivity contribution in [2.75, 3.05) is 24.4 Å². The number of carbonyl (C=O) groups is 3. The van der Waals surface area contributed by atoms with Gasteiger partial charge in [-0.25, -0.2) is 9.18 Å². The van der Waals surface area contributed by atoms with Crippen molar-refractivity contribution in [1.29, 1.82) is 5.41 Å². The van der Waals surface area contributed by atoms with Crippen LogP contribution in [0.4, 0.5) is 28.9 Å². The normalized spacial score (nSPS) is 11.1. The van der Waals surface area contributed by atoms with E-state index in [0.29, 0.717) is 6.07 Å². The van der Waals surface area contributed by atoms with Crippen LogP contribution in [0.3, 0.4) is 0 Å². The standard InChI is InChI=1S/C26H20ClF4N3O4/c1-13(35)34(2)15-8-10-17(23(32)16-9-7-14(11-20(16)28)25(37)38-3)21(12-15)33-24(36)22-18(26(29,30)31)5-4-6-19(22)27/h4-12,32H,1-3H3,(H,33,36). The van der Waals surface area contributed by atoms with Gasteiger partial charge >= 0.3 is 12.1 Å². The average Bonchev–Trinajstić information content (AvgIpc) is 2.86. The zero-order valence-electron chi connectivity index (χ0n) is 20.2. The first-order valence-electron chi connectivity index (χ1n) is 10.8. The summed E-state index contributed by atoms with van der Waals surface area (Å²) in [6.07, 6.45) is -4.89. The minimum atomic E-state index is -4.89. The molecular weight excluding hydrogens is 530 g/mol. The number of carbonyl (C=O) groups excluding carboxylic acids is 3. The van der Waals surface area contributed by atoms with Crippen LogP contribution in [0.2, 0.25) is 5.02 Å². The number of nitrogens with zero attached hydrogens (tertiary/aromatic N) is 1. The highest BCUT2D eigenvalue weighted by atomic mass is 35.5. The lowest BCUT2D eigenvalue weighted by molar-refractivity contribution is -0.137. The molecule has 7 nitrogen and oxygen atoms in total. The molecule has 0 fully saturated rings. The molecule has 0 saturated heterocycles. The number of anilines is 2. The van der Waals surface area contributed by atoms with Crippen molar-refractivity contribution >= 4 is 46.5 Å². The third kappa shape index (κ3) is 5.83. The molecule has 0 atom stereocenters. The van der Waals surface area contributed by atoms with Crippen molar-refractivity contribution < 1.29 is 36.7 Å². The van der Waals surface area contributed by atoms with Crippen LogP contribution in [-0.4, -0.2) is 37.7 Å². The molecule has 0 aliphatic rings. The minimum absolute atomic E-state index is 0.0793. The fraction of sp³-hybridized carbons (Fsp3) is 0.154. The SMILES string of the molecule is COC(=O)c1ccc(C(=N)c2ccc(N(C)C(C)=O)cc2NC(=O)c2c(Cl)cccc2C(F)(F)F)c(F)c1. The number of methoxy groups -OCH3 is 1. The van der Waals surface area contributed by atoms with Crippen molar-refractivity contribution in [3.05, 3.63) is 93.3 Å². The van der Waals surface area contributed by atoms with Crippen LogP contribution < -0.4 is 10.2 Å². The minimum Gasteiger partial charge on any atom is -0.465 e. The Kier molecular flexibility index (Phi) is 8.21. The van der Waals surface area contributed by atoms with Crippen LogP contribution in [0.5, 0.6) is 0 Å². The predicted molar refractivity (Wildman–Crippen MR) is 134 cm³/mol. The molecule has 0 aliphatic heterocycles. The van der Waals surface area contributed by atoms with Gasteiger partial charge in [0.2, 0.25) is 5.91 Å². The predicted octanol–water partition coefficient (Wildman–Crippen LogP) is 5.94. The second-order valence-electron chi connectivity index (χ2n) is 7.98. The van der Waals surface area contributed by atoms with E-state index in [1.165, 1.54) is 43.1 Å². The highest BCUT2D eigenvalue weighted by Crippen LogP contribution is 2.36. The molecular formula is C26H20ClF4N3O4. The zero-order valence-corrected chi connectivity index (χ0v) is 20.9. The Labute approximate surface area is 219 Å². The molecule has 0 radical (unpaired) electrons. The lowest BCUT2D eigenvalue weighted by Gasteiger charge is -2.20. The number of ether oxygens (including phenoxy) is 1. The third-order valence-electron chi connectivity index (χ3n) is 5.59. The van der Waals surface area contributed by atoms with Crippen LogP contribution in [0.15, 0.2) is 54.6 Å². The molecule has 0 unspecified atom stereocenters. The third-order valence-corrected chi connectivity index (χ3v) is 5.90. The summed E-state index contributed by atoms with van der Waals surface area (Å²) in [6, 6.07) is 10.1. The van der Waals surface area contributed by atoms with E-state index in [9.17, 15) is 31.9 Å². The molecule has 2 N–H and O–H groups in total. The molecule has 2 amide bonds. The first-order chi connectivity index (χ1) is 17.8. The molecule has 0 heterocycles. The molecule has 0 saturated carbocycles. The maximum absolute atomic E-state index is 14.9. The molecule has 38 heavy (non-hydrogen) atoms. The van der Waals surface area contributed by atoms with Crippen molar-refractivity contribution in [2.45, 2.75) is 13.1 Å². The van der Waals surface area contributed by atoms with Gasteiger partial charge in [-0.15, -0.1) is 0 Å². The van der Waals surface area contributed by atoms with Crippen LogP contribution in [-0.2, 0) is 15.7 Å². The Morgan fingerprint density at radius 3 is 2.26 bits per heavy atom. The van der Waals surface area contributed by atoms with E-state index in [2.05, 4.69) is 10.1 Å². The Balaban J connectivity index is 2.13. The lowest BCUT2D eigenvalue weighted by Crippen LogP contribution is -2.24. The quantitative estimate of drug-likeness (QED) is 0.226. The van der Waals surface area contributed by atoms with Crippen LogP contribution >= 0.6 is 11.6 Å². The average molecular weight is 550 g/mol. The van der Waals surface area contributed by atoms with E-state index in [0.717, 1.165) is 31.4 Å². The summed E-state index contributed by atoms with van der Waals surface area (Å²) in [4.78, 5) is 37.8. The summed E-state index contributed by atoms with van der Waals surface area (Å²) >= 11 is 5.95. The summed E-state index contributed by atoms with van der Waals surface area (Å²) < 4.78 is 60.2. The lowest BCUT2D eigenvalue weighted by atomic mass is 9.98. The summed E-state index contributed by atoms with van der Waals surface area (Å²) in [5.74, 6) is -3.38.